The second-order valence-electron chi connectivity index (χ2n) is 9.13. The van der Waals surface area contributed by atoms with E-state index in [2.05, 4.69) is 40.2 Å². The summed E-state index contributed by atoms with van der Waals surface area (Å²) in [5.74, 6) is 2.29. The van der Waals surface area contributed by atoms with Crippen LogP contribution in [0.25, 0.3) is 5.57 Å². The third kappa shape index (κ3) is 3.78. The average Bonchev–Trinajstić information content (AvgIpc) is 3.56. The summed E-state index contributed by atoms with van der Waals surface area (Å²) in [7, 11) is 1.66. The fraction of sp³-hybridized carbons (Fsp3) is 0.500. The SMILES string of the molecule is CCc1cc(O)ccc1C1CCC2C(C1)NNC2c1ncc(C2=CCN(C(=O)NC)C2)[nH]1. The molecular weight excluding hydrogens is 404 g/mol. The van der Waals surface area contributed by atoms with E-state index in [-0.39, 0.29) is 12.1 Å². The number of aryl methyl sites for hydroxylation is 1. The van der Waals surface area contributed by atoms with Gasteiger partial charge in [0.15, 0.2) is 0 Å². The van der Waals surface area contributed by atoms with Crippen molar-refractivity contribution in [2.24, 2.45) is 5.92 Å². The second kappa shape index (κ2) is 8.60. The number of nitrogens with one attached hydrogen (secondary N) is 4. The largest absolute Gasteiger partial charge is 0.508 e. The van der Waals surface area contributed by atoms with Crippen LogP contribution in [0.1, 0.15) is 60.8 Å². The minimum Gasteiger partial charge on any atom is -0.508 e. The zero-order valence-electron chi connectivity index (χ0n) is 18.7. The summed E-state index contributed by atoms with van der Waals surface area (Å²) in [5, 5.41) is 12.5. The highest BCUT2D eigenvalue weighted by Crippen LogP contribution is 2.44. The van der Waals surface area contributed by atoms with Gasteiger partial charge in [-0.3, -0.25) is 5.43 Å². The van der Waals surface area contributed by atoms with Gasteiger partial charge in [-0.1, -0.05) is 19.1 Å². The lowest BCUT2D eigenvalue weighted by Gasteiger charge is -2.33. The van der Waals surface area contributed by atoms with Gasteiger partial charge in [0.1, 0.15) is 11.6 Å². The van der Waals surface area contributed by atoms with Crippen molar-refractivity contribution in [3.63, 3.8) is 0 Å². The lowest BCUT2D eigenvalue weighted by molar-refractivity contribution is 0.213. The molecule has 2 amide bonds. The van der Waals surface area contributed by atoms with Gasteiger partial charge in [0.25, 0.3) is 0 Å². The number of urea groups is 1. The predicted molar refractivity (Wildman–Crippen MR) is 123 cm³/mol. The standard InChI is InChI=1S/C24H32N6O2/c1-3-14-10-17(31)5-7-18(14)15-4-6-19-20(11-15)28-29-22(19)23-26-12-21(27-23)16-8-9-30(13-16)24(32)25-2/h5,7-8,10,12,15,19-20,22,28-29,31H,3-4,6,9,11,13H2,1-2H3,(H,25,32)(H,26,27). The molecule has 0 bridgehead atoms. The smallest absolute Gasteiger partial charge is 0.317 e. The number of aromatic hydroxyl groups is 1. The van der Waals surface area contributed by atoms with Gasteiger partial charge in [-0.25, -0.2) is 15.2 Å². The maximum absolute atomic E-state index is 11.9. The fourth-order valence-corrected chi connectivity index (χ4v) is 5.63. The number of carbonyl (C=O) groups excluding carboxylic acids is 1. The number of H-pyrrole nitrogens is 1. The number of benzene rings is 1. The monoisotopic (exact) mass is 436 g/mol. The zero-order chi connectivity index (χ0) is 22.2. The first kappa shape index (κ1) is 21.0. The van der Waals surface area contributed by atoms with Crippen LogP contribution in [0, 0.1) is 5.92 Å². The van der Waals surface area contributed by atoms with E-state index >= 15 is 0 Å². The number of hydrogen-bond donors (Lipinski definition) is 5. The van der Waals surface area contributed by atoms with Gasteiger partial charge >= 0.3 is 6.03 Å². The van der Waals surface area contributed by atoms with Crippen LogP contribution < -0.4 is 16.2 Å². The highest BCUT2D eigenvalue weighted by atomic mass is 16.3. The van der Waals surface area contributed by atoms with Crippen LogP contribution in [0.3, 0.4) is 0 Å². The van der Waals surface area contributed by atoms with Gasteiger partial charge in [0.05, 0.1) is 17.9 Å². The molecule has 2 fully saturated rings. The maximum Gasteiger partial charge on any atom is 0.317 e. The van der Waals surface area contributed by atoms with E-state index in [0.717, 1.165) is 42.8 Å². The van der Waals surface area contributed by atoms with E-state index in [0.29, 0.717) is 36.7 Å². The van der Waals surface area contributed by atoms with Crippen molar-refractivity contribution in [1.29, 1.82) is 0 Å². The molecule has 2 aromatic rings. The van der Waals surface area contributed by atoms with Crippen LogP contribution in [-0.2, 0) is 6.42 Å². The number of hydrazine groups is 1. The highest BCUT2D eigenvalue weighted by Gasteiger charge is 2.42. The Kier molecular flexibility index (Phi) is 5.65. The number of aromatic amines is 1. The Bertz CT molecular complexity index is 1030. The summed E-state index contributed by atoms with van der Waals surface area (Å²) in [4.78, 5) is 21.8. The summed E-state index contributed by atoms with van der Waals surface area (Å²) in [6.45, 7) is 3.37. The van der Waals surface area contributed by atoms with Gasteiger partial charge in [-0.15, -0.1) is 0 Å². The van der Waals surface area contributed by atoms with E-state index in [4.69, 9.17) is 4.98 Å². The van der Waals surface area contributed by atoms with E-state index < -0.39 is 0 Å². The molecule has 2 aliphatic heterocycles. The first-order valence-electron chi connectivity index (χ1n) is 11.6. The van der Waals surface area contributed by atoms with Crippen LogP contribution in [0.15, 0.2) is 30.5 Å². The minimum absolute atomic E-state index is 0.0582. The zero-order valence-corrected chi connectivity index (χ0v) is 18.7. The molecule has 8 nitrogen and oxygen atoms in total. The van der Waals surface area contributed by atoms with Crippen LogP contribution in [0.2, 0.25) is 0 Å². The number of carbonyl (C=O) groups is 1. The Labute approximate surface area is 188 Å². The number of aromatic nitrogens is 2. The Balaban J connectivity index is 1.26. The number of nitrogens with zero attached hydrogens (tertiary/aromatic N) is 2. The molecule has 1 aromatic carbocycles. The van der Waals surface area contributed by atoms with Gasteiger partial charge in [-0.05, 0) is 66.4 Å². The van der Waals surface area contributed by atoms with Crippen molar-refractivity contribution < 1.29 is 9.90 Å². The van der Waals surface area contributed by atoms with E-state index in [1.165, 1.54) is 11.1 Å². The quantitative estimate of drug-likeness (QED) is 0.507. The number of fused-ring (bicyclic) bond motifs is 1. The molecule has 5 N–H and O–H groups in total. The van der Waals surface area contributed by atoms with Crippen LogP contribution in [0.4, 0.5) is 4.79 Å². The van der Waals surface area contributed by atoms with Crippen molar-refractivity contribution in [3.05, 3.63) is 53.1 Å². The predicted octanol–water partition coefficient (Wildman–Crippen LogP) is 2.82. The molecule has 170 valence electrons. The third-order valence-corrected chi connectivity index (χ3v) is 7.36. The van der Waals surface area contributed by atoms with Crippen LogP contribution in [-0.4, -0.2) is 52.2 Å². The Hall–Kier alpha value is -2.84. The first-order chi connectivity index (χ1) is 15.6. The van der Waals surface area contributed by atoms with Crippen molar-refractivity contribution in [2.75, 3.05) is 20.1 Å². The molecule has 4 atom stereocenters. The Morgan fingerprint density at radius 1 is 1.31 bits per heavy atom. The summed E-state index contributed by atoms with van der Waals surface area (Å²) in [6.07, 6.45) is 8.24. The molecule has 3 aliphatic rings. The number of rotatable bonds is 4. The van der Waals surface area contributed by atoms with Crippen LogP contribution in [0.5, 0.6) is 5.75 Å². The summed E-state index contributed by atoms with van der Waals surface area (Å²) < 4.78 is 0. The van der Waals surface area contributed by atoms with Crippen molar-refractivity contribution in [3.8, 4) is 5.75 Å². The summed E-state index contributed by atoms with van der Waals surface area (Å²) in [6, 6.07) is 6.32. The molecular formula is C24H32N6O2. The molecule has 0 radical (unpaired) electrons. The molecule has 0 spiro atoms. The molecule has 32 heavy (non-hydrogen) atoms. The lowest BCUT2D eigenvalue weighted by Crippen LogP contribution is -2.36. The number of imidazole rings is 1. The maximum atomic E-state index is 11.9. The van der Waals surface area contributed by atoms with Crippen LogP contribution >= 0.6 is 0 Å². The average molecular weight is 437 g/mol. The molecule has 1 saturated heterocycles. The highest BCUT2D eigenvalue weighted by molar-refractivity contribution is 5.79. The molecule has 5 rings (SSSR count). The molecule has 1 saturated carbocycles. The molecule has 8 heteroatoms. The second-order valence-corrected chi connectivity index (χ2v) is 9.13. The Morgan fingerprint density at radius 3 is 3.00 bits per heavy atom. The molecule has 1 aliphatic carbocycles. The van der Waals surface area contributed by atoms with Gasteiger partial charge < -0.3 is 20.3 Å². The normalized spacial score (nSPS) is 27.3. The van der Waals surface area contributed by atoms with Crippen molar-refractivity contribution in [2.45, 2.75) is 50.6 Å². The summed E-state index contributed by atoms with van der Waals surface area (Å²) in [5.41, 5.74) is 11.7. The number of hydrogen-bond acceptors (Lipinski definition) is 5. The van der Waals surface area contributed by atoms with Crippen molar-refractivity contribution in [1.82, 2.24) is 31.0 Å². The van der Waals surface area contributed by atoms with Crippen molar-refractivity contribution >= 4 is 11.6 Å². The number of phenolic OH excluding ortho intramolecular Hbond substituents is 1. The topological polar surface area (TPSA) is 105 Å². The van der Waals surface area contributed by atoms with E-state index in [1.807, 2.05) is 18.3 Å². The van der Waals surface area contributed by atoms with E-state index in [9.17, 15) is 9.90 Å². The van der Waals surface area contributed by atoms with Gasteiger partial charge in [-0.2, -0.15) is 0 Å². The summed E-state index contributed by atoms with van der Waals surface area (Å²) >= 11 is 0. The Morgan fingerprint density at radius 2 is 2.19 bits per heavy atom. The lowest BCUT2D eigenvalue weighted by atomic mass is 9.73. The third-order valence-electron chi connectivity index (χ3n) is 7.36. The molecule has 3 heterocycles. The number of phenols is 1. The number of amides is 2. The van der Waals surface area contributed by atoms with Gasteiger partial charge in [0, 0.05) is 26.2 Å². The molecule has 1 aromatic heterocycles. The molecule has 4 unspecified atom stereocenters. The fourth-order valence-electron chi connectivity index (χ4n) is 5.63. The first-order valence-corrected chi connectivity index (χ1v) is 11.6. The van der Waals surface area contributed by atoms with Gasteiger partial charge in [0.2, 0.25) is 0 Å². The minimum atomic E-state index is -0.0582. The van der Waals surface area contributed by atoms with E-state index in [1.54, 1.807) is 11.9 Å².